The van der Waals surface area contributed by atoms with E-state index in [4.69, 9.17) is 11.6 Å². The predicted molar refractivity (Wildman–Crippen MR) is 26.9 cm³/mol. The van der Waals surface area contributed by atoms with Gasteiger partial charge in [0.25, 0.3) is 0 Å². The minimum atomic E-state index is 0. The van der Waals surface area contributed by atoms with Crippen molar-refractivity contribution in [1.82, 2.24) is 4.98 Å². The summed E-state index contributed by atoms with van der Waals surface area (Å²) in [5, 5.41) is 0.433. The molecule has 0 atom stereocenters. The molecule has 43 valence electrons. The van der Waals surface area contributed by atoms with Crippen molar-refractivity contribution in [2.24, 2.45) is 0 Å². The van der Waals surface area contributed by atoms with Crippen molar-refractivity contribution in [2.75, 3.05) is 0 Å². The first kappa shape index (κ1) is 13.2. The summed E-state index contributed by atoms with van der Waals surface area (Å²) < 4.78 is 0. The number of aromatic nitrogens is 1. The third-order valence-corrected chi connectivity index (χ3v) is 0.715. The maximum Gasteiger partial charge on any atom is 0 e. The van der Waals surface area contributed by atoms with Crippen LogP contribution in [-0.4, -0.2) is 4.98 Å². The van der Waals surface area contributed by atoms with E-state index in [0.717, 1.165) is 0 Å². The van der Waals surface area contributed by atoms with Crippen molar-refractivity contribution < 1.29 is 63.8 Å². The van der Waals surface area contributed by atoms with Crippen LogP contribution in [0.1, 0.15) is 0 Å². The fourth-order valence-corrected chi connectivity index (χ4v) is 0.386. The standard InChI is InChI=1S/C5H2ClN.U.Y/c6-5-3-1-2-4-7-5;;/h2-3H;;/q-2;;. The van der Waals surface area contributed by atoms with E-state index in [0.29, 0.717) is 5.15 Å². The van der Waals surface area contributed by atoms with Gasteiger partial charge in [0.2, 0.25) is 0 Å². The van der Waals surface area contributed by atoms with E-state index in [2.05, 4.69) is 17.2 Å². The van der Waals surface area contributed by atoms with Crippen molar-refractivity contribution in [3.05, 3.63) is 29.5 Å². The molecule has 1 heterocycles. The Bertz CT molecular complexity index is 147. The molecule has 0 bridgehead atoms. The normalized spacial score (nSPS) is 6.78. The summed E-state index contributed by atoms with van der Waals surface area (Å²) in [7, 11) is 0. The van der Waals surface area contributed by atoms with E-state index >= 15 is 0 Å². The molecule has 0 fully saturated rings. The molecular formula is C5H2ClNUY-2. The maximum absolute atomic E-state index is 5.37. The summed E-state index contributed by atoms with van der Waals surface area (Å²) in [6.07, 6.45) is 2.52. The van der Waals surface area contributed by atoms with Gasteiger partial charge in [0, 0.05) is 63.8 Å². The largest absolute Gasteiger partial charge is 0.512 e. The van der Waals surface area contributed by atoms with Crippen LogP contribution < -0.4 is 0 Å². The van der Waals surface area contributed by atoms with E-state index in [1.165, 1.54) is 0 Å². The van der Waals surface area contributed by atoms with Crippen LogP contribution in [0.3, 0.4) is 0 Å². The second-order valence-electron chi connectivity index (χ2n) is 1.02. The summed E-state index contributed by atoms with van der Waals surface area (Å²) in [5.41, 5.74) is 0. The number of pyridine rings is 1. The number of rotatable bonds is 0. The van der Waals surface area contributed by atoms with Crippen LogP contribution in [0.5, 0.6) is 0 Å². The van der Waals surface area contributed by atoms with Gasteiger partial charge in [0.1, 0.15) is 0 Å². The third-order valence-electron chi connectivity index (χ3n) is 0.522. The molecule has 9 heavy (non-hydrogen) atoms. The van der Waals surface area contributed by atoms with E-state index in [-0.39, 0.29) is 63.8 Å². The minimum absolute atomic E-state index is 0. The first-order chi connectivity index (χ1) is 3.39. The molecule has 0 aliphatic heterocycles. The van der Waals surface area contributed by atoms with Crippen LogP contribution in [-0.2, 0) is 32.7 Å². The molecule has 1 aromatic rings. The number of hydrogen-bond donors (Lipinski definition) is 0. The van der Waals surface area contributed by atoms with E-state index in [9.17, 15) is 0 Å². The monoisotopic (exact) mass is 438 g/mol. The Balaban J connectivity index is 0. The second kappa shape index (κ2) is 7.70. The van der Waals surface area contributed by atoms with E-state index in [1.807, 2.05) is 0 Å². The Labute approximate surface area is 108 Å². The Morgan fingerprint density at radius 2 is 2.22 bits per heavy atom. The summed E-state index contributed by atoms with van der Waals surface area (Å²) >= 11 is 5.37. The molecular weight excluding hydrogens is 436 g/mol. The van der Waals surface area contributed by atoms with E-state index < -0.39 is 0 Å². The van der Waals surface area contributed by atoms with Gasteiger partial charge in [-0.15, -0.1) is 5.15 Å². The van der Waals surface area contributed by atoms with Gasteiger partial charge in [0.05, 0.1) is 0 Å². The number of nitrogens with zero attached hydrogens (tertiary/aromatic N) is 1. The first-order valence-corrected chi connectivity index (χ1v) is 2.17. The molecule has 0 amide bonds. The second-order valence-corrected chi connectivity index (χ2v) is 1.41. The molecule has 0 unspecified atom stereocenters. The van der Waals surface area contributed by atoms with Crippen LogP contribution >= 0.6 is 11.6 Å². The van der Waals surface area contributed by atoms with Crippen molar-refractivity contribution in [1.29, 1.82) is 0 Å². The number of hydrogen-bond acceptors (Lipinski definition) is 1. The molecule has 0 spiro atoms. The van der Waals surface area contributed by atoms with Gasteiger partial charge in [0.15, 0.2) is 0 Å². The fourth-order valence-electron chi connectivity index (χ4n) is 0.274. The zero-order chi connectivity index (χ0) is 5.11. The summed E-state index contributed by atoms with van der Waals surface area (Å²) in [4.78, 5) is 3.59. The molecule has 1 rings (SSSR count). The van der Waals surface area contributed by atoms with Gasteiger partial charge in [-0.2, -0.15) is 0 Å². The average Bonchev–Trinajstić information content (AvgIpc) is 1.69. The topological polar surface area (TPSA) is 12.9 Å². The Morgan fingerprint density at radius 3 is 2.44 bits per heavy atom. The maximum atomic E-state index is 5.37. The zero-order valence-corrected chi connectivity index (χ0v) is 12.3. The van der Waals surface area contributed by atoms with Crippen LogP contribution in [0.2, 0.25) is 5.15 Å². The molecule has 1 nitrogen and oxygen atoms in total. The summed E-state index contributed by atoms with van der Waals surface area (Å²) in [6, 6.07) is 5.87. The van der Waals surface area contributed by atoms with E-state index in [1.54, 1.807) is 12.1 Å². The molecule has 0 saturated carbocycles. The van der Waals surface area contributed by atoms with Crippen LogP contribution in [0.15, 0.2) is 12.1 Å². The van der Waals surface area contributed by atoms with Crippen molar-refractivity contribution >= 4 is 11.6 Å². The fraction of sp³-hybridized carbons (Fsp3) is 0. The Morgan fingerprint density at radius 1 is 1.56 bits per heavy atom. The molecule has 0 N–H and O–H groups in total. The molecule has 1 aromatic heterocycles. The van der Waals surface area contributed by atoms with Crippen LogP contribution in [0.4, 0.5) is 0 Å². The quantitative estimate of drug-likeness (QED) is 0.440. The van der Waals surface area contributed by atoms with Gasteiger partial charge >= 0.3 is 0 Å². The Kier molecular flexibility index (Phi) is 11.3. The Hall–Kier alpha value is 1.60. The van der Waals surface area contributed by atoms with Gasteiger partial charge in [-0.25, -0.2) is 11.6 Å². The van der Waals surface area contributed by atoms with Gasteiger partial charge in [-0.05, 0) is 0 Å². The minimum Gasteiger partial charge on any atom is -0.512 e. The van der Waals surface area contributed by atoms with Crippen molar-refractivity contribution in [2.45, 2.75) is 0 Å². The van der Waals surface area contributed by atoms with Crippen molar-refractivity contribution in [3.8, 4) is 0 Å². The first-order valence-electron chi connectivity index (χ1n) is 1.79. The van der Waals surface area contributed by atoms with Gasteiger partial charge in [-0.1, -0.05) is 0 Å². The van der Waals surface area contributed by atoms with Gasteiger partial charge in [-0.3, -0.25) is 18.3 Å². The molecule has 0 saturated heterocycles. The number of halogens is 1. The zero-order valence-electron chi connectivity index (χ0n) is 4.56. The smallest absolute Gasteiger partial charge is 0 e. The molecule has 0 aliphatic rings. The average molecular weight is 438 g/mol. The van der Waals surface area contributed by atoms with Gasteiger partial charge < -0.3 is 11.1 Å². The third kappa shape index (κ3) is 6.01. The molecule has 0 aliphatic carbocycles. The molecule has 1 radical (unpaired) electrons. The molecule has 0 aromatic carbocycles. The SMILES string of the molecule is Clc1c[c-]c[c-]n1.[U].[Y]. The van der Waals surface area contributed by atoms with Crippen LogP contribution in [0, 0.1) is 43.4 Å². The van der Waals surface area contributed by atoms with Crippen molar-refractivity contribution in [3.63, 3.8) is 0 Å². The summed E-state index contributed by atoms with van der Waals surface area (Å²) in [6.45, 7) is 0. The van der Waals surface area contributed by atoms with Crippen LogP contribution in [0.25, 0.3) is 0 Å². The predicted octanol–water partition coefficient (Wildman–Crippen LogP) is 1.33. The summed E-state index contributed by atoms with van der Waals surface area (Å²) in [5.74, 6) is 0. The molecule has 4 heteroatoms.